The molecule has 0 bridgehead atoms. The Morgan fingerprint density at radius 3 is 2.67 bits per heavy atom. The monoisotopic (exact) mass is 282 g/mol. The van der Waals surface area contributed by atoms with Crippen molar-refractivity contribution in [2.75, 3.05) is 0 Å². The summed E-state index contributed by atoms with van der Waals surface area (Å²) in [5, 5.41) is 14.0. The highest BCUT2D eigenvalue weighted by Crippen LogP contribution is 2.26. The van der Waals surface area contributed by atoms with Gasteiger partial charge in [0.05, 0.1) is 0 Å². The fourth-order valence-electron chi connectivity index (χ4n) is 1.46. The van der Waals surface area contributed by atoms with E-state index in [2.05, 4.69) is 15.9 Å². The SMILES string of the molecule is Cc1cc(C(O)c2ccsc2)ccc1Br. The maximum Gasteiger partial charge on any atom is 0.105 e. The number of halogens is 1. The van der Waals surface area contributed by atoms with Crippen molar-refractivity contribution >= 4 is 27.3 Å². The lowest BCUT2D eigenvalue weighted by molar-refractivity contribution is 0.221. The van der Waals surface area contributed by atoms with Gasteiger partial charge >= 0.3 is 0 Å². The van der Waals surface area contributed by atoms with Crippen LogP contribution in [0, 0.1) is 6.92 Å². The van der Waals surface area contributed by atoms with Crippen LogP contribution in [0.1, 0.15) is 22.8 Å². The van der Waals surface area contributed by atoms with Crippen LogP contribution in [0.5, 0.6) is 0 Å². The molecule has 0 aliphatic carbocycles. The number of hydrogen-bond donors (Lipinski definition) is 1. The van der Waals surface area contributed by atoms with Crippen molar-refractivity contribution in [3.8, 4) is 0 Å². The van der Waals surface area contributed by atoms with Gasteiger partial charge in [0.25, 0.3) is 0 Å². The molecule has 2 rings (SSSR count). The van der Waals surface area contributed by atoms with Gasteiger partial charge in [0, 0.05) is 4.47 Å². The first kappa shape index (κ1) is 10.9. The molecule has 3 heteroatoms. The summed E-state index contributed by atoms with van der Waals surface area (Å²) < 4.78 is 1.07. The van der Waals surface area contributed by atoms with E-state index in [9.17, 15) is 5.11 Å². The fraction of sp³-hybridized carbons (Fsp3) is 0.167. The molecule has 0 spiro atoms. The van der Waals surface area contributed by atoms with Gasteiger partial charge in [0.2, 0.25) is 0 Å². The molecule has 15 heavy (non-hydrogen) atoms. The van der Waals surface area contributed by atoms with Crippen molar-refractivity contribution in [3.63, 3.8) is 0 Å². The number of benzene rings is 1. The highest BCUT2D eigenvalue weighted by atomic mass is 79.9. The molecule has 0 amide bonds. The second-order valence-corrected chi connectivity index (χ2v) is 5.10. The fourth-order valence-corrected chi connectivity index (χ4v) is 2.39. The molecule has 1 atom stereocenters. The van der Waals surface area contributed by atoms with Gasteiger partial charge in [-0.2, -0.15) is 11.3 Å². The Bertz CT molecular complexity index is 451. The van der Waals surface area contributed by atoms with Gasteiger partial charge in [0.15, 0.2) is 0 Å². The zero-order chi connectivity index (χ0) is 10.8. The lowest BCUT2D eigenvalue weighted by Gasteiger charge is -2.10. The smallest absolute Gasteiger partial charge is 0.105 e. The van der Waals surface area contributed by atoms with E-state index in [4.69, 9.17) is 0 Å². The number of hydrogen-bond acceptors (Lipinski definition) is 2. The largest absolute Gasteiger partial charge is 0.384 e. The van der Waals surface area contributed by atoms with E-state index in [1.54, 1.807) is 11.3 Å². The number of aliphatic hydroxyl groups excluding tert-OH is 1. The quantitative estimate of drug-likeness (QED) is 0.886. The summed E-state index contributed by atoms with van der Waals surface area (Å²) in [5.41, 5.74) is 3.04. The van der Waals surface area contributed by atoms with Crippen molar-refractivity contribution in [1.82, 2.24) is 0 Å². The summed E-state index contributed by atoms with van der Waals surface area (Å²) in [5.74, 6) is 0. The summed E-state index contributed by atoms with van der Waals surface area (Å²) in [6.45, 7) is 2.02. The van der Waals surface area contributed by atoms with Crippen LogP contribution in [0.3, 0.4) is 0 Å². The molecule has 78 valence electrons. The molecule has 0 saturated heterocycles. The van der Waals surface area contributed by atoms with Gasteiger partial charge in [-0.05, 0) is 46.5 Å². The first-order valence-corrected chi connectivity index (χ1v) is 6.38. The molecular formula is C12H11BrOS. The highest BCUT2D eigenvalue weighted by Gasteiger charge is 2.11. The topological polar surface area (TPSA) is 20.2 Å². The molecule has 1 heterocycles. The third kappa shape index (κ3) is 2.30. The van der Waals surface area contributed by atoms with Crippen LogP contribution in [0.25, 0.3) is 0 Å². The van der Waals surface area contributed by atoms with E-state index in [1.165, 1.54) is 0 Å². The van der Waals surface area contributed by atoms with Crippen LogP contribution in [-0.4, -0.2) is 5.11 Å². The van der Waals surface area contributed by atoms with Gasteiger partial charge < -0.3 is 5.11 Å². The van der Waals surface area contributed by atoms with Crippen molar-refractivity contribution in [3.05, 3.63) is 56.2 Å². The first-order valence-electron chi connectivity index (χ1n) is 4.64. The maximum absolute atomic E-state index is 10.1. The molecule has 1 nitrogen and oxygen atoms in total. The summed E-state index contributed by atoms with van der Waals surface area (Å²) in [6.07, 6.45) is -0.511. The Hall–Kier alpha value is -0.640. The summed E-state index contributed by atoms with van der Waals surface area (Å²) >= 11 is 5.05. The number of aliphatic hydroxyl groups is 1. The Labute approximate surface area is 102 Å². The zero-order valence-electron chi connectivity index (χ0n) is 8.27. The zero-order valence-corrected chi connectivity index (χ0v) is 10.7. The Kier molecular flexibility index (Phi) is 3.24. The standard InChI is InChI=1S/C12H11BrOS/c1-8-6-9(2-3-11(8)13)12(14)10-4-5-15-7-10/h2-7,12,14H,1H3. The van der Waals surface area contributed by atoms with Crippen LogP contribution < -0.4 is 0 Å². The third-order valence-electron chi connectivity index (χ3n) is 2.36. The summed E-state index contributed by atoms with van der Waals surface area (Å²) in [7, 11) is 0. The van der Waals surface area contributed by atoms with Crippen LogP contribution >= 0.6 is 27.3 Å². The molecule has 0 radical (unpaired) electrons. The Morgan fingerprint density at radius 1 is 1.27 bits per heavy atom. The normalized spacial score (nSPS) is 12.7. The van der Waals surface area contributed by atoms with Gasteiger partial charge in [-0.25, -0.2) is 0 Å². The van der Waals surface area contributed by atoms with Crippen LogP contribution in [-0.2, 0) is 0 Å². The van der Waals surface area contributed by atoms with E-state index in [0.717, 1.165) is 21.2 Å². The van der Waals surface area contributed by atoms with Crippen molar-refractivity contribution in [1.29, 1.82) is 0 Å². The minimum atomic E-state index is -0.511. The van der Waals surface area contributed by atoms with Gasteiger partial charge in [0.1, 0.15) is 6.10 Å². The predicted octanol–water partition coefficient (Wildman–Crippen LogP) is 3.90. The van der Waals surface area contributed by atoms with Crippen LogP contribution in [0.15, 0.2) is 39.5 Å². The Balaban J connectivity index is 2.34. The second-order valence-electron chi connectivity index (χ2n) is 3.47. The number of thiophene rings is 1. The minimum absolute atomic E-state index is 0.511. The van der Waals surface area contributed by atoms with Gasteiger partial charge in [-0.15, -0.1) is 0 Å². The lowest BCUT2D eigenvalue weighted by atomic mass is 10.0. The highest BCUT2D eigenvalue weighted by molar-refractivity contribution is 9.10. The molecule has 1 aromatic carbocycles. The van der Waals surface area contributed by atoms with E-state index in [-0.39, 0.29) is 0 Å². The molecule has 1 aromatic heterocycles. The molecule has 0 aliphatic rings. The molecule has 0 aliphatic heterocycles. The summed E-state index contributed by atoms with van der Waals surface area (Å²) in [4.78, 5) is 0. The first-order chi connectivity index (χ1) is 7.18. The molecule has 2 aromatic rings. The average Bonchev–Trinajstić information content (AvgIpc) is 2.74. The maximum atomic E-state index is 10.1. The second kappa shape index (κ2) is 4.47. The van der Waals surface area contributed by atoms with E-state index in [0.29, 0.717) is 0 Å². The van der Waals surface area contributed by atoms with Crippen LogP contribution in [0.4, 0.5) is 0 Å². The molecule has 0 saturated carbocycles. The van der Waals surface area contributed by atoms with Gasteiger partial charge in [-0.3, -0.25) is 0 Å². The number of aryl methyl sites for hydroxylation is 1. The van der Waals surface area contributed by atoms with E-state index in [1.807, 2.05) is 41.9 Å². The van der Waals surface area contributed by atoms with E-state index < -0.39 is 6.10 Å². The minimum Gasteiger partial charge on any atom is -0.384 e. The molecule has 1 unspecified atom stereocenters. The van der Waals surface area contributed by atoms with Crippen molar-refractivity contribution in [2.24, 2.45) is 0 Å². The van der Waals surface area contributed by atoms with Crippen LogP contribution in [0.2, 0.25) is 0 Å². The van der Waals surface area contributed by atoms with Crippen molar-refractivity contribution in [2.45, 2.75) is 13.0 Å². The van der Waals surface area contributed by atoms with Gasteiger partial charge in [-0.1, -0.05) is 28.1 Å². The molecule has 1 N–H and O–H groups in total. The summed E-state index contributed by atoms with van der Waals surface area (Å²) in [6, 6.07) is 7.87. The van der Waals surface area contributed by atoms with E-state index >= 15 is 0 Å². The molecule has 0 fully saturated rings. The Morgan fingerprint density at radius 2 is 2.07 bits per heavy atom. The molecular weight excluding hydrogens is 272 g/mol. The third-order valence-corrected chi connectivity index (χ3v) is 3.95. The lowest BCUT2D eigenvalue weighted by Crippen LogP contribution is -1.98. The number of rotatable bonds is 2. The predicted molar refractivity (Wildman–Crippen MR) is 67.3 cm³/mol. The average molecular weight is 283 g/mol. The van der Waals surface area contributed by atoms with Crippen molar-refractivity contribution < 1.29 is 5.11 Å².